The first kappa shape index (κ1) is 26.6. The molecule has 10 heteroatoms. The van der Waals surface area contributed by atoms with Gasteiger partial charge in [0, 0.05) is 11.3 Å². The lowest BCUT2D eigenvalue weighted by Crippen LogP contribution is -2.53. The zero-order chi connectivity index (χ0) is 29.8. The molecule has 214 valence electrons. The first-order valence-corrected chi connectivity index (χ1v) is 15.7. The van der Waals surface area contributed by atoms with Gasteiger partial charge in [0.1, 0.15) is 5.58 Å². The number of rotatable bonds is 6. The van der Waals surface area contributed by atoms with Crippen molar-refractivity contribution in [3.8, 4) is 0 Å². The van der Waals surface area contributed by atoms with Gasteiger partial charge in [0.05, 0.1) is 23.2 Å². The van der Waals surface area contributed by atoms with Crippen LogP contribution < -0.4 is 15.2 Å². The molecule has 1 spiro atoms. The summed E-state index contributed by atoms with van der Waals surface area (Å²) in [7, 11) is 0. The van der Waals surface area contributed by atoms with E-state index in [1.165, 1.54) is 28.0 Å². The third kappa shape index (κ3) is 3.88. The maximum absolute atomic E-state index is 15.0. The van der Waals surface area contributed by atoms with Gasteiger partial charge < -0.3 is 9.32 Å². The molecule has 0 saturated heterocycles. The zero-order valence-corrected chi connectivity index (χ0v) is 24.7. The fourth-order valence-electron chi connectivity index (χ4n) is 6.10. The van der Waals surface area contributed by atoms with Crippen LogP contribution in [0.25, 0.3) is 11.0 Å². The molecule has 1 atom stereocenters. The van der Waals surface area contributed by atoms with Gasteiger partial charge in [0.15, 0.2) is 15.3 Å². The topological polar surface area (TPSA) is 96.6 Å². The van der Waals surface area contributed by atoms with Crippen LogP contribution in [0.1, 0.15) is 32.8 Å². The summed E-state index contributed by atoms with van der Waals surface area (Å²) in [5, 5.41) is 9.30. The molecule has 6 aromatic rings. The summed E-state index contributed by atoms with van der Waals surface area (Å²) in [4.78, 5) is 46.7. The van der Waals surface area contributed by atoms with Crippen molar-refractivity contribution >= 4 is 56.7 Å². The predicted molar refractivity (Wildman–Crippen MR) is 170 cm³/mol. The number of hydrogen-bond acceptors (Lipinski definition) is 8. The zero-order valence-electron chi connectivity index (χ0n) is 23.0. The standard InChI is InChI=1S/C34H22N4O4S2/c39-28-23-15-7-10-18-26(23)42-29-27(28)34(24-16-8-9-17-25(24)37(31(34)41)19-21-11-3-1-4-12-21)38(30(29)40)32-35-36-33(44-32)43-20-22-13-5-2-6-14-22/h1-18H,19-20H2. The fourth-order valence-corrected chi connectivity index (χ4v) is 7.95. The number of thioether (sulfide) groups is 1. The highest BCUT2D eigenvalue weighted by Gasteiger charge is 2.66. The summed E-state index contributed by atoms with van der Waals surface area (Å²) >= 11 is 2.70. The summed E-state index contributed by atoms with van der Waals surface area (Å²) in [6.45, 7) is 0.253. The first-order chi connectivity index (χ1) is 21.6. The van der Waals surface area contributed by atoms with Gasteiger partial charge in [-0.3, -0.25) is 19.3 Å². The summed E-state index contributed by atoms with van der Waals surface area (Å²) < 4.78 is 6.79. The second-order valence-electron chi connectivity index (χ2n) is 10.5. The minimum Gasteiger partial charge on any atom is -0.450 e. The molecule has 4 heterocycles. The van der Waals surface area contributed by atoms with E-state index in [4.69, 9.17) is 4.42 Å². The highest BCUT2D eigenvalue weighted by atomic mass is 32.2. The Morgan fingerprint density at radius 1 is 0.773 bits per heavy atom. The number of amides is 2. The Morgan fingerprint density at radius 2 is 1.45 bits per heavy atom. The SMILES string of the molecule is O=C1c2oc3ccccc3c(=O)c2C2(C(=O)N(Cc3ccccc3)c3ccccc32)N1c1nnc(SCc2ccccc2)s1. The maximum atomic E-state index is 15.0. The van der Waals surface area contributed by atoms with Gasteiger partial charge >= 0.3 is 0 Å². The summed E-state index contributed by atoms with van der Waals surface area (Å²) in [6, 6.07) is 33.7. The number of para-hydroxylation sites is 2. The Balaban J connectivity index is 1.33. The van der Waals surface area contributed by atoms with Crippen LogP contribution in [-0.2, 0) is 22.6 Å². The van der Waals surface area contributed by atoms with Crippen LogP contribution in [0.2, 0.25) is 0 Å². The van der Waals surface area contributed by atoms with Crippen LogP contribution in [0.3, 0.4) is 0 Å². The highest BCUT2D eigenvalue weighted by Crippen LogP contribution is 2.55. The molecule has 1 unspecified atom stereocenters. The smallest absolute Gasteiger partial charge is 0.297 e. The molecular weight excluding hydrogens is 593 g/mol. The minimum atomic E-state index is -1.82. The van der Waals surface area contributed by atoms with Gasteiger partial charge in [-0.25, -0.2) is 0 Å². The van der Waals surface area contributed by atoms with E-state index in [1.54, 1.807) is 35.2 Å². The van der Waals surface area contributed by atoms with Crippen LogP contribution in [0.15, 0.2) is 123 Å². The molecule has 2 amide bonds. The summed E-state index contributed by atoms with van der Waals surface area (Å²) in [5.74, 6) is -0.534. The van der Waals surface area contributed by atoms with Crippen LogP contribution in [-0.4, -0.2) is 22.0 Å². The van der Waals surface area contributed by atoms with Gasteiger partial charge in [-0.05, 0) is 29.3 Å². The number of nitrogens with zero attached hydrogens (tertiary/aromatic N) is 4. The first-order valence-electron chi connectivity index (χ1n) is 13.9. The second-order valence-corrected chi connectivity index (χ2v) is 12.7. The Hall–Kier alpha value is -5.06. The lowest BCUT2D eigenvalue weighted by molar-refractivity contribution is -0.121. The number of carbonyl (C=O) groups excluding carboxylic acids is 2. The van der Waals surface area contributed by atoms with Gasteiger partial charge in [-0.2, -0.15) is 0 Å². The molecule has 8 rings (SSSR count). The third-order valence-electron chi connectivity index (χ3n) is 8.01. The lowest BCUT2D eigenvalue weighted by atomic mass is 9.84. The Labute approximate surface area is 259 Å². The van der Waals surface area contributed by atoms with Gasteiger partial charge in [-0.1, -0.05) is 114 Å². The van der Waals surface area contributed by atoms with Crippen LogP contribution >= 0.6 is 23.1 Å². The molecule has 0 N–H and O–H groups in total. The van der Waals surface area contributed by atoms with Crippen molar-refractivity contribution < 1.29 is 14.0 Å². The monoisotopic (exact) mass is 614 g/mol. The van der Waals surface area contributed by atoms with E-state index in [9.17, 15) is 14.4 Å². The molecule has 0 fully saturated rings. The molecule has 4 aromatic carbocycles. The average molecular weight is 615 g/mol. The summed E-state index contributed by atoms with van der Waals surface area (Å²) in [6.07, 6.45) is 0. The largest absolute Gasteiger partial charge is 0.450 e. The third-order valence-corrected chi connectivity index (χ3v) is 10.1. The molecule has 2 aromatic heterocycles. The molecule has 2 aliphatic heterocycles. The van der Waals surface area contributed by atoms with Crippen molar-refractivity contribution in [2.75, 3.05) is 9.80 Å². The summed E-state index contributed by atoms with van der Waals surface area (Å²) in [5.41, 5.74) is 1.19. The molecule has 44 heavy (non-hydrogen) atoms. The number of benzene rings is 4. The van der Waals surface area contributed by atoms with E-state index in [-0.39, 0.29) is 28.6 Å². The molecule has 0 radical (unpaired) electrons. The van der Waals surface area contributed by atoms with Crippen molar-refractivity contribution in [2.24, 2.45) is 0 Å². The Morgan fingerprint density at radius 3 is 2.25 bits per heavy atom. The molecule has 8 nitrogen and oxygen atoms in total. The van der Waals surface area contributed by atoms with E-state index in [0.717, 1.165) is 11.1 Å². The van der Waals surface area contributed by atoms with Crippen LogP contribution in [0.4, 0.5) is 10.8 Å². The average Bonchev–Trinajstić information content (AvgIpc) is 3.70. The van der Waals surface area contributed by atoms with Crippen molar-refractivity contribution in [1.82, 2.24) is 10.2 Å². The van der Waals surface area contributed by atoms with Crippen molar-refractivity contribution in [3.63, 3.8) is 0 Å². The van der Waals surface area contributed by atoms with E-state index in [0.29, 0.717) is 26.7 Å². The predicted octanol–water partition coefficient (Wildman–Crippen LogP) is 6.39. The van der Waals surface area contributed by atoms with E-state index < -0.39 is 22.8 Å². The number of carbonyl (C=O) groups is 2. The van der Waals surface area contributed by atoms with Crippen molar-refractivity contribution in [3.05, 3.63) is 147 Å². The molecule has 0 bridgehead atoms. The van der Waals surface area contributed by atoms with Crippen molar-refractivity contribution in [1.29, 1.82) is 0 Å². The van der Waals surface area contributed by atoms with Crippen LogP contribution in [0.5, 0.6) is 0 Å². The number of aromatic nitrogens is 2. The number of anilines is 2. The van der Waals surface area contributed by atoms with Crippen LogP contribution in [0, 0.1) is 0 Å². The molecule has 2 aliphatic rings. The molecule has 0 aliphatic carbocycles. The quantitative estimate of drug-likeness (QED) is 0.159. The number of fused-ring (bicyclic) bond motifs is 5. The molecular formula is C34H22N4O4S2. The normalized spacial score (nSPS) is 17.1. The maximum Gasteiger partial charge on any atom is 0.297 e. The number of hydrogen-bond donors (Lipinski definition) is 0. The second kappa shape index (κ2) is 10.3. The fraction of sp³-hybridized carbons (Fsp3) is 0.0882. The lowest BCUT2D eigenvalue weighted by Gasteiger charge is -2.32. The Kier molecular flexibility index (Phi) is 6.21. The Bertz CT molecular complexity index is 2150. The van der Waals surface area contributed by atoms with Gasteiger partial charge in [0.2, 0.25) is 10.9 Å². The highest BCUT2D eigenvalue weighted by molar-refractivity contribution is 8.00. The van der Waals surface area contributed by atoms with E-state index >= 15 is 0 Å². The van der Waals surface area contributed by atoms with Gasteiger partial charge in [0.25, 0.3) is 11.8 Å². The van der Waals surface area contributed by atoms with E-state index in [2.05, 4.69) is 10.2 Å². The molecule has 0 saturated carbocycles. The van der Waals surface area contributed by atoms with Crippen molar-refractivity contribution in [2.45, 2.75) is 22.2 Å². The minimum absolute atomic E-state index is 0.00269. The van der Waals surface area contributed by atoms with Gasteiger partial charge in [-0.15, -0.1) is 10.2 Å². The van der Waals surface area contributed by atoms with E-state index in [1.807, 2.05) is 78.9 Å².